The Bertz CT molecular complexity index is 964. The summed E-state index contributed by atoms with van der Waals surface area (Å²) in [5, 5.41) is 9.19. The van der Waals surface area contributed by atoms with Crippen molar-refractivity contribution in [3.05, 3.63) is 71.3 Å². The molecule has 0 bridgehead atoms. The summed E-state index contributed by atoms with van der Waals surface area (Å²) in [5.74, 6) is 1.36. The van der Waals surface area contributed by atoms with Gasteiger partial charge in [-0.2, -0.15) is 5.26 Å². The fourth-order valence-electron chi connectivity index (χ4n) is 5.75. The van der Waals surface area contributed by atoms with Gasteiger partial charge in [-0.25, -0.2) is 0 Å². The maximum atomic E-state index is 13.5. The van der Waals surface area contributed by atoms with Gasteiger partial charge in [0.15, 0.2) is 0 Å². The molecule has 3 heterocycles. The summed E-state index contributed by atoms with van der Waals surface area (Å²) in [4.78, 5) is 18.2. The standard InChI is InChI=1S/C26H29N3O2/c27-14-19-5-4-6-20(13-19)15-28-16-23-17-29(26(30)22-9-11-31-12-10-22)25(24(23)18-28)21-7-2-1-3-8-21/h1-8,13,22-25H,9-12,15-18H2/t23-,24-,25+/m0/s1. The highest BCUT2D eigenvalue weighted by atomic mass is 16.5. The number of ether oxygens (including phenoxy) is 1. The largest absolute Gasteiger partial charge is 0.381 e. The van der Waals surface area contributed by atoms with Crippen LogP contribution in [0.25, 0.3) is 0 Å². The number of nitrogens with zero attached hydrogens (tertiary/aromatic N) is 3. The molecule has 5 nitrogen and oxygen atoms in total. The van der Waals surface area contributed by atoms with E-state index < -0.39 is 0 Å². The predicted octanol–water partition coefficient (Wildman–Crippen LogP) is 3.62. The second kappa shape index (κ2) is 8.82. The predicted molar refractivity (Wildman–Crippen MR) is 118 cm³/mol. The molecular formula is C26H29N3O2. The summed E-state index contributed by atoms with van der Waals surface area (Å²) in [7, 11) is 0. The molecule has 5 heteroatoms. The lowest BCUT2D eigenvalue weighted by Gasteiger charge is -2.33. The number of rotatable bonds is 4. The molecule has 1 amide bonds. The van der Waals surface area contributed by atoms with E-state index in [4.69, 9.17) is 4.74 Å². The van der Waals surface area contributed by atoms with Crippen molar-refractivity contribution >= 4 is 5.91 Å². The second-order valence-electron chi connectivity index (χ2n) is 9.16. The molecule has 0 N–H and O–H groups in total. The molecule has 5 rings (SSSR count). The molecule has 3 aliphatic heterocycles. The lowest BCUT2D eigenvalue weighted by atomic mass is 9.89. The van der Waals surface area contributed by atoms with E-state index in [2.05, 4.69) is 46.2 Å². The molecule has 0 saturated carbocycles. The lowest BCUT2D eigenvalue weighted by molar-refractivity contribution is -0.140. The molecule has 160 valence electrons. The van der Waals surface area contributed by atoms with Crippen LogP contribution < -0.4 is 0 Å². The number of amides is 1. The van der Waals surface area contributed by atoms with Crippen LogP contribution in [0.4, 0.5) is 0 Å². The van der Waals surface area contributed by atoms with E-state index in [1.807, 2.05) is 24.3 Å². The van der Waals surface area contributed by atoms with Crippen LogP contribution >= 0.6 is 0 Å². The van der Waals surface area contributed by atoms with Gasteiger partial charge in [0.2, 0.25) is 5.91 Å². The summed E-state index contributed by atoms with van der Waals surface area (Å²) in [5.41, 5.74) is 3.15. The van der Waals surface area contributed by atoms with E-state index in [0.29, 0.717) is 36.5 Å². The van der Waals surface area contributed by atoms with E-state index in [0.717, 1.165) is 39.0 Å². The Balaban J connectivity index is 1.35. The first-order chi connectivity index (χ1) is 15.2. The molecule has 2 aromatic rings. The average molecular weight is 416 g/mol. The number of hydrogen-bond acceptors (Lipinski definition) is 4. The van der Waals surface area contributed by atoms with Crippen molar-refractivity contribution in [1.29, 1.82) is 5.26 Å². The van der Waals surface area contributed by atoms with Crippen LogP contribution in [0.15, 0.2) is 54.6 Å². The number of nitriles is 1. The summed E-state index contributed by atoms with van der Waals surface area (Å²) in [6, 6.07) is 20.9. The first-order valence-electron chi connectivity index (χ1n) is 11.4. The van der Waals surface area contributed by atoms with Crippen LogP contribution in [0.2, 0.25) is 0 Å². The number of benzene rings is 2. The molecular weight excluding hydrogens is 386 g/mol. The number of hydrogen-bond donors (Lipinski definition) is 0. The quantitative estimate of drug-likeness (QED) is 0.765. The van der Waals surface area contributed by atoms with Gasteiger partial charge >= 0.3 is 0 Å². The van der Waals surface area contributed by atoms with Crippen molar-refractivity contribution in [2.24, 2.45) is 17.8 Å². The third kappa shape index (κ3) is 4.11. The maximum absolute atomic E-state index is 13.5. The Hall–Kier alpha value is -2.68. The summed E-state index contributed by atoms with van der Waals surface area (Å²) in [6.07, 6.45) is 1.68. The van der Waals surface area contributed by atoms with E-state index >= 15 is 0 Å². The van der Waals surface area contributed by atoms with Crippen molar-refractivity contribution in [3.63, 3.8) is 0 Å². The summed E-state index contributed by atoms with van der Waals surface area (Å²) < 4.78 is 5.49. The van der Waals surface area contributed by atoms with Crippen LogP contribution in [0.1, 0.15) is 35.6 Å². The van der Waals surface area contributed by atoms with Crippen molar-refractivity contribution < 1.29 is 9.53 Å². The minimum atomic E-state index is 0.101. The Morgan fingerprint density at radius 2 is 1.84 bits per heavy atom. The number of carbonyl (C=O) groups excluding carboxylic acids is 1. The monoisotopic (exact) mass is 415 g/mol. The molecule has 3 atom stereocenters. The molecule has 0 aliphatic carbocycles. The molecule has 0 radical (unpaired) electrons. The third-order valence-corrected chi connectivity index (χ3v) is 7.20. The fourth-order valence-corrected chi connectivity index (χ4v) is 5.75. The van der Waals surface area contributed by atoms with Crippen LogP contribution in [0.3, 0.4) is 0 Å². The van der Waals surface area contributed by atoms with Crippen LogP contribution in [-0.4, -0.2) is 48.6 Å². The first kappa shape index (κ1) is 20.2. The SMILES string of the molecule is N#Cc1cccc(CN2C[C@H]3CN(C(=O)C4CCOCC4)[C@H](c4ccccc4)[C@H]3C2)c1. The van der Waals surface area contributed by atoms with Gasteiger partial charge in [-0.1, -0.05) is 42.5 Å². The zero-order chi connectivity index (χ0) is 21.2. The van der Waals surface area contributed by atoms with E-state index in [1.165, 1.54) is 11.1 Å². The van der Waals surface area contributed by atoms with Crippen molar-refractivity contribution in [2.75, 3.05) is 32.8 Å². The number of likely N-dealkylation sites (tertiary alicyclic amines) is 2. The van der Waals surface area contributed by atoms with Gasteiger partial charge < -0.3 is 9.64 Å². The van der Waals surface area contributed by atoms with Crippen LogP contribution in [0, 0.1) is 29.1 Å². The molecule has 3 aliphatic rings. The van der Waals surface area contributed by atoms with Crippen LogP contribution in [-0.2, 0) is 16.1 Å². The van der Waals surface area contributed by atoms with Gasteiger partial charge in [0, 0.05) is 51.2 Å². The number of fused-ring (bicyclic) bond motifs is 1. The maximum Gasteiger partial charge on any atom is 0.226 e. The molecule has 3 fully saturated rings. The van der Waals surface area contributed by atoms with E-state index in [1.54, 1.807) is 0 Å². The summed E-state index contributed by atoms with van der Waals surface area (Å²) in [6.45, 7) is 5.08. The van der Waals surface area contributed by atoms with E-state index in [-0.39, 0.29) is 12.0 Å². The molecule has 0 unspecified atom stereocenters. The molecule has 3 saturated heterocycles. The lowest BCUT2D eigenvalue weighted by Crippen LogP contribution is -2.40. The first-order valence-corrected chi connectivity index (χ1v) is 11.4. The zero-order valence-corrected chi connectivity index (χ0v) is 17.8. The smallest absolute Gasteiger partial charge is 0.226 e. The fraction of sp³-hybridized carbons (Fsp3) is 0.462. The van der Waals surface area contributed by atoms with Crippen molar-refractivity contribution in [1.82, 2.24) is 9.80 Å². The minimum Gasteiger partial charge on any atom is -0.381 e. The highest BCUT2D eigenvalue weighted by Crippen LogP contribution is 2.46. The normalized spacial score (nSPS) is 26.5. The average Bonchev–Trinajstić information content (AvgIpc) is 3.37. The number of carbonyl (C=O) groups is 1. The van der Waals surface area contributed by atoms with Crippen molar-refractivity contribution in [3.8, 4) is 6.07 Å². The van der Waals surface area contributed by atoms with E-state index in [9.17, 15) is 10.1 Å². The zero-order valence-electron chi connectivity index (χ0n) is 17.8. The molecule has 31 heavy (non-hydrogen) atoms. The second-order valence-corrected chi connectivity index (χ2v) is 9.16. The summed E-state index contributed by atoms with van der Waals surface area (Å²) >= 11 is 0. The van der Waals surface area contributed by atoms with Gasteiger partial charge in [-0.15, -0.1) is 0 Å². The molecule has 0 spiro atoms. The Morgan fingerprint density at radius 1 is 1.03 bits per heavy atom. The topological polar surface area (TPSA) is 56.6 Å². The van der Waals surface area contributed by atoms with Gasteiger partial charge in [0.1, 0.15) is 0 Å². The van der Waals surface area contributed by atoms with Crippen LogP contribution in [0.5, 0.6) is 0 Å². The van der Waals surface area contributed by atoms with Crippen molar-refractivity contribution in [2.45, 2.75) is 25.4 Å². The highest BCUT2D eigenvalue weighted by Gasteiger charge is 2.49. The van der Waals surface area contributed by atoms with Gasteiger partial charge in [0.05, 0.1) is 17.7 Å². The Kier molecular flexibility index (Phi) is 5.76. The third-order valence-electron chi connectivity index (χ3n) is 7.20. The van der Waals surface area contributed by atoms with Gasteiger partial charge in [-0.3, -0.25) is 9.69 Å². The Morgan fingerprint density at radius 3 is 2.61 bits per heavy atom. The molecule has 2 aromatic carbocycles. The Labute approximate surface area is 184 Å². The van der Waals surface area contributed by atoms with Gasteiger partial charge in [-0.05, 0) is 42.0 Å². The van der Waals surface area contributed by atoms with Gasteiger partial charge in [0.25, 0.3) is 0 Å². The minimum absolute atomic E-state index is 0.101. The highest BCUT2D eigenvalue weighted by molar-refractivity contribution is 5.80. The molecule has 0 aromatic heterocycles.